The van der Waals surface area contributed by atoms with Crippen LogP contribution in [0.2, 0.25) is 0 Å². The summed E-state index contributed by atoms with van der Waals surface area (Å²) in [5.74, 6) is -0.817. The maximum absolute atomic E-state index is 11.4. The van der Waals surface area contributed by atoms with Gasteiger partial charge in [0.2, 0.25) is 0 Å². The molecule has 2 N–H and O–H groups in total. The van der Waals surface area contributed by atoms with E-state index in [0.29, 0.717) is 0 Å². The second kappa shape index (κ2) is 5.82. The number of hydrogen-bond donors (Lipinski definition) is 2. The van der Waals surface area contributed by atoms with Gasteiger partial charge in [-0.3, -0.25) is 10.1 Å². The summed E-state index contributed by atoms with van der Waals surface area (Å²) < 4.78 is 0. The molecule has 3 heteroatoms. The lowest BCUT2D eigenvalue weighted by atomic mass is 9.95. The molecule has 1 aromatic carbocycles. The normalized spacial score (nSPS) is 14.4. The molecule has 0 spiro atoms. The summed E-state index contributed by atoms with van der Waals surface area (Å²) in [6.45, 7) is 7.96. The minimum Gasteiger partial charge on any atom is -0.480 e. The van der Waals surface area contributed by atoms with Crippen LogP contribution in [0.5, 0.6) is 0 Å². The molecule has 3 nitrogen and oxygen atoms in total. The Kier molecular flexibility index (Phi) is 4.70. The zero-order valence-electron chi connectivity index (χ0n) is 10.9. The molecular formula is C14H21NO2. The van der Waals surface area contributed by atoms with E-state index in [2.05, 4.69) is 5.32 Å². The lowest BCUT2D eigenvalue weighted by molar-refractivity contribution is -0.139. The van der Waals surface area contributed by atoms with E-state index in [1.54, 1.807) is 0 Å². The summed E-state index contributed by atoms with van der Waals surface area (Å²) in [6.07, 6.45) is 0.911. The third-order valence-electron chi connectivity index (χ3n) is 3.14. The second-order valence-electron chi connectivity index (χ2n) is 4.55. The van der Waals surface area contributed by atoms with E-state index in [0.717, 1.165) is 23.1 Å². The van der Waals surface area contributed by atoms with Crippen LogP contribution in [0, 0.1) is 13.8 Å². The Labute approximate surface area is 103 Å². The fourth-order valence-electron chi connectivity index (χ4n) is 1.96. The summed E-state index contributed by atoms with van der Waals surface area (Å²) in [4.78, 5) is 11.4. The highest BCUT2D eigenvalue weighted by molar-refractivity contribution is 5.76. The Morgan fingerprint density at radius 3 is 2.29 bits per heavy atom. The van der Waals surface area contributed by atoms with Crippen LogP contribution in [-0.2, 0) is 4.79 Å². The fraction of sp³-hybridized carbons (Fsp3) is 0.500. The van der Waals surface area contributed by atoms with Crippen LogP contribution >= 0.6 is 0 Å². The van der Waals surface area contributed by atoms with Crippen LogP contribution < -0.4 is 5.32 Å². The number of nitrogens with one attached hydrogen (secondary N) is 1. The highest BCUT2D eigenvalue weighted by atomic mass is 16.4. The number of carboxylic acid groups (broad SMARTS) is 1. The largest absolute Gasteiger partial charge is 0.480 e. The molecule has 0 aliphatic rings. The van der Waals surface area contributed by atoms with E-state index in [9.17, 15) is 9.90 Å². The number of carbonyl (C=O) groups is 1. The van der Waals surface area contributed by atoms with Crippen LogP contribution in [0.1, 0.15) is 43.0 Å². The van der Waals surface area contributed by atoms with Crippen molar-refractivity contribution in [2.45, 2.75) is 46.2 Å². The molecular weight excluding hydrogens is 214 g/mol. The lowest BCUT2D eigenvalue weighted by Crippen LogP contribution is -2.35. The third kappa shape index (κ3) is 3.30. The van der Waals surface area contributed by atoms with Crippen molar-refractivity contribution in [1.82, 2.24) is 5.32 Å². The average molecular weight is 235 g/mol. The van der Waals surface area contributed by atoms with Gasteiger partial charge in [-0.25, -0.2) is 0 Å². The van der Waals surface area contributed by atoms with Gasteiger partial charge in [-0.05, 0) is 43.9 Å². The molecule has 0 heterocycles. The maximum Gasteiger partial charge on any atom is 0.325 e. The van der Waals surface area contributed by atoms with Gasteiger partial charge in [0.05, 0.1) is 0 Å². The number of benzene rings is 1. The van der Waals surface area contributed by atoms with Crippen molar-refractivity contribution in [3.8, 4) is 0 Å². The first kappa shape index (κ1) is 13.7. The van der Waals surface area contributed by atoms with Crippen LogP contribution in [0.4, 0.5) is 0 Å². The SMILES string of the molecule is CCC(C)NC(C(=O)O)c1c(C)cccc1C. The van der Waals surface area contributed by atoms with E-state index in [-0.39, 0.29) is 6.04 Å². The van der Waals surface area contributed by atoms with Gasteiger partial charge in [-0.15, -0.1) is 0 Å². The number of hydrogen-bond acceptors (Lipinski definition) is 2. The molecule has 2 unspecified atom stereocenters. The van der Waals surface area contributed by atoms with Crippen molar-refractivity contribution in [1.29, 1.82) is 0 Å². The van der Waals surface area contributed by atoms with Gasteiger partial charge in [0.1, 0.15) is 6.04 Å². The molecule has 0 saturated heterocycles. The van der Waals surface area contributed by atoms with Gasteiger partial charge in [0.25, 0.3) is 0 Å². The van der Waals surface area contributed by atoms with Crippen LogP contribution in [0.15, 0.2) is 18.2 Å². The molecule has 0 bridgehead atoms. The van der Waals surface area contributed by atoms with Crippen molar-refractivity contribution in [3.63, 3.8) is 0 Å². The van der Waals surface area contributed by atoms with Gasteiger partial charge < -0.3 is 5.11 Å². The van der Waals surface area contributed by atoms with E-state index in [1.807, 2.05) is 45.9 Å². The number of aryl methyl sites for hydroxylation is 2. The van der Waals surface area contributed by atoms with Gasteiger partial charge in [0.15, 0.2) is 0 Å². The Balaban J connectivity index is 3.10. The monoisotopic (exact) mass is 235 g/mol. The van der Waals surface area contributed by atoms with E-state index in [1.165, 1.54) is 0 Å². The highest BCUT2D eigenvalue weighted by Crippen LogP contribution is 2.22. The minimum absolute atomic E-state index is 0.190. The van der Waals surface area contributed by atoms with Crippen molar-refractivity contribution in [2.75, 3.05) is 0 Å². The predicted molar refractivity (Wildman–Crippen MR) is 69.2 cm³/mol. The highest BCUT2D eigenvalue weighted by Gasteiger charge is 2.24. The van der Waals surface area contributed by atoms with Crippen molar-refractivity contribution in [2.24, 2.45) is 0 Å². The Morgan fingerprint density at radius 1 is 1.35 bits per heavy atom. The van der Waals surface area contributed by atoms with E-state index >= 15 is 0 Å². The van der Waals surface area contributed by atoms with Gasteiger partial charge in [-0.1, -0.05) is 25.1 Å². The lowest BCUT2D eigenvalue weighted by Gasteiger charge is -2.22. The van der Waals surface area contributed by atoms with Gasteiger partial charge in [-0.2, -0.15) is 0 Å². The molecule has 1 aromatic rings. The topological polar surface area (TPSA) is 49.3 Å². The standard InChI is InChI=1S/C14H21NO2/c1-5-11(4)15-13(14(16)17)12-9(2)7-6-8-10(12)3/h6-8,11,13,15H,5H2,1-4H3,(H,16,17). The second-order valence-corrected chi connectivity index (χ2v) is 4.55. The molecule has 2 atom stereocenters. The molecule has 0 radical (unpaired) electrons. The molecule has 0 aliphatic carbocycles. The Bertz CT molecular complexity index is 381. The van der Waals surface area contributed by atoms with Crippen molar-refractivity contribution >= 4 is 5.97 Å². The first-order chi connectivity index (χ1) is 7.97. The predicted octanol–water partition coefficient (Wildman–Crippen LogP) is 2.82. The first-order valence-corrected chi connectivity index (χ1v) is 6.02. The molecule has 0 amide bonds. The minimum atomic E-state index is -0.817. The van der Waals surface area contributed by atoms with E-state index < -0.39 is 12.0 Å². The summed E-state index contributed by atoms with van der Waals surface area (Å²) in [5.41, 5.74) is 2.93. The zero-order chi connectivity index (χ0) is 13.0. The molecule has 0 aromatic heterocycles. The molecule has 0 fully saturated rings. The summed E-state index contributed by atoms with van der Waals surface area (Å²) in [6, 6.07) is 5.44. The first-order valence-electron chi connectivity index (χ1n) is 6.02. The average Bonchev–Trinajstić information content (AvgIpc) is 2.26. The van der Waals surface area contributed by atoms with Crippen molar-refractivity contribution in [3.05, 3.63) is 34.9 Å². The number of rotatable bonds is 5. The number of aliphatic carboxylic acids is 1. The smallest absolute Gasteiger partial charge is 0.325 e. The van der Waals surface area contributed by atoms with Crippen LogP contribution in [-0.4, -0.2) is 17.1 Å². The fourth-order valence-corrected chi connectivity index (χ4v) is 1.96. The molecule has 94 valence electrons. The molecule has 17 heavy (non-hydrogen) atoms. The summed E-state index contributed by atoms with van der Waals surface area (Å²) >= 11 is 0. The molecule has 1 rings (SSSR count). The van der Waals surface area contributed by atoms with E-state index in [4.69, 9.17) is 0 Å². The molecule has 0 aliphatic heterocycles. The summed E-state index contributed by atoms with van der Waals surface area (Å²) in [7, 11) is 0. The molecule has 0 saturated carbocycles. The number of carboxylic acids is 1. The van der Waals surface area contributed by atoms with Crippen LogP contribution in [0.3, 0.4) is 0 Å². The van der Waals surface area contributed by atoms with Crippen molar-refractivity contribution < 1.29 is 9.90 Å². The third-order valence-corrected chi connectivity index (χ3v) is 3.14. The van der Waals surface area contributed by atoms with Gasteiger partial charge in [0, 0.05) is 6.04 Å². The Morgan fingerprint density at radius 2 is 1.88 bits per heavy atom. The zero-order valence-corrected chi connectivity index (χ0v) is 10.9. The van der Waals surface area contributed by atoms with Crippen LogP contribution in [0.25, 0.3) is 0 Å². The summed E-state index contributed by atoms with van der Waals surface area (Å²) in [5, 5.41) is 12.5. The quantitative estimate of drug-likeness (QED) is 0.825. The Hall–Kier alpha value is -1.35. The van der Waals surface area contributed by atoms with Gasteiger partial charge >= 0.3 is 5.97 Å². The maximum atomic E-state index is 11.4.